The van der Waals surface area contributed by atoms with Crippen molar-refractivity contribution in [1.82, 2.24) is 5.43 Å². The molecule has 0 atom stereocenters. The Bertz CT molecular complexity index is 1110. The van der Waals surface area contributed by atoms with E-state index in [1.165, 1.54) is 30.5 Å². The van der Waals surface area contributed by atoms with E-state index in [0.717, 1.165) is 6.07 Å². The van der Waals surface area contributed by atoms with E-state index in [-0.39, 0.29) is 22.9 Å². The molecular weight excluding hydrogens is 393 g/mol. The van der Waals surface area contributed by atoms with Crippen molar-refractivity contribution in [1.29, 1.82) is 0 Å². The minimum absolute atomic E-state index is 0.0255. The lowest BCUT2D eigenvalue weighted by Crippen LogP contribution is -2.33. The Morgan fingerprint density at radius 1 is 0.967 bits per heavy atom. The molecule has 2 N–H and O–H groups in total. The van der Waals surface area contributed by atoms with Crippen LogP contribution in [0.15, 0.2) is 76.4 Å². The van der Waals surface area contributed by atoms with Crippen molar-refractivity contribution in [2.24, 2.45) is 5.10 Å². The fourth-order valence-corrected chi connectivity index (χ4v) is 2.39. The van der Waals surface area contributed by atoms with Crippen molar-refractivity contribution in [3.05, 3.63) is 84.1 Å². The lowest BCUT2D eigenvalue weighted by Gasteiger charge is -2.09. The van der Waals surface area contributed by atoms with E-state index < -0.39 is 23.6 Å². The summed E-state index contributed by atoms with van der Waals surface area (Å²) in [5, 5.41) is 6.01. The maximum absolute atomic E-state index is 13.6. The van der Waals surface area contributed by atoms with Crippen LogP contribution in [-0.4, -0.2) is 23.5 Å². The normalized spacial score (nSPS) is 10.9. The first-order valence-electron chi connectivity index (χ1n) is 8.71. The Hall–Kier alpha value is -4.27. The Morgan fingerprint density at radius 3 is 2.43 bits per heavy atom. The number of rotatable bonds is 5. The van der Waals surface area contributed by atoms with E-state index in [1.54, 1.807) is 37.3 Å². The molecule has 9 heteroatoms. The number of nitrogens with zero attached hydrogens (tertiary/aromatic N) is 1. The number of anilines is 1. The van der Waals surface area contributed by atoms with Gasteiger partial charge in [0.25, 0.3) is 0 Å². The zero-order valence-corrected chi connectivity index (χ0v) is 15.7. The molecule has 1 aromatic heterocycles. The third-order valence-electron chi connectivity index (χ3n) is 3.86. The van der Waals surface area contributed by atoms with Gasteiger partial charge >= 0.3 is 17.8 Å². The van der Waals surface area contributed by atoms with Crippen LogP contribution in [0, 0.1) is 5.82 Å². The minimum atomic E-state index is -1.09. The van der Waals surface area contributed by atoms with E-state index in [0.29, 0.717) is 5.56 Å². The highest BCUT2D eigenvalue weighted by atomic mass is 19.1. The number of esters is 1. The Kier molecular flexibility index (Phi) is 6.33. The summed E-state index contributed by atoms with van der Waals surface area (Å²) in [6.07, 6.45) is 1.34. The zero-order chi connectivity index (χ0) is 21.5. The molecule has 152 valence electrons. The maximum atomic E-state index is 13.6. The summed E-state index contributed by atoms with van der Waals surface area (Å²) in [6, 6.07) is 15.0. The van der Waals surface area contributed by atoms with Gasteiger partial charge in [0.1, 0.15) is 11.6 Å². The van der Waals surface area contributed by atoms with E-state index in [4.69, 9.17) is 9.15 Å². The number of benzene rings is 2. The van der Waals surface area contributed by atoms with Crippen molar-refractivity contribution in [3.8, 4) is 5.75 Å². The van der Waals surface area contributed by atoms with E-state index in [1.807, 2.05) is 0 Å². The van der Waals surface area contributed by atoms with E-state index >= 15 is 0 Å². The third-order valence-corrected chi connectivity index (χ3v) is 3.86. The summed E-state index contributed by atoms with van der Waals surface area (Å²) in [6.45, 7) is 1.55. The average Bonchev–Trinajstić information content (AvgIpc) is 3.29. The number of carbonyl (C=O) groups excluding carboxylic acids is 3. The SMILES string of the molecule is C/C(=N\NC(=O)C(=O)Nc1ccccc1F)c1ccccc1OC(=O)c1ccco1. The summed E-state index contributed by atoms with van der Waals surface area (Å²) in [4.78, 5) is 36.0. The number of nitrogens with one attached hydrogen (secondary N) is 2. The number of halogens is 1. The van der Waals surface area contributed by atoms with Gasteiger partial charge in [-0.1, -0.05) is 24.3 Å². The number of para-hydroxylation sites is 2. The summed E-state index contributed by atoms with van der Waals surface area (Å²) in [5.41, 5.74) is 2.63. The molecule has 0 unspecified atom stereocenters. The third kappa shape index (κ3) is 4.96. The molecule has 0 aliphatic carbocycles. The van der Waals surface area contributed by atoms with Gasteiger partial charge in [-0.3, -0.25) is 9.59 Å². The first-order chi connectivity index (χ1) is 14.5. The summed E-state index contributed by atoms with van der Waals surface area (Å²) in [5.74, 6) is -3.35. The van der Waals surface area contributed by atoms with Gasteiger partial charge in [-0.15, -0.1) is 0 Å². The molecule has 2 aromatic carbocycles. The lowest BCUT2D eigenvalue weighted by molar-refractivity contribution is -0.136. The molecule has 3 aromatic rings. The summed E-state index contributed by atoms with van der Waals surface area (Å²) >= 11 is 0. The molecule has 0 saturated heterocycles. The van der Waals surface area contributed by atoms with Gasteiger partial charge in [0.05, 0.1) is 17.7 Å². The van der Waals surface area contributed by atoms with Crippen molar-refractivity contribution in [2.75, 3.05) is 5.32 Å². The van der Waals surface area contributed by atoms with Crippen LogP contribution in [0.3, 0.4) is 0 Å². The largest absolute Gasteiger partial charge is 0.457 e. The van der Waals surface area contributed by atoms with Gasteiger partial charge < -0.3 is 14.5 Å². The number of amides is 2. The number of furan rings is 1. The van der Waals surface area contributed by atoms with Crippen LogP contribution >= 0.6 is 0 Å². The van der Waals surface area contributed by atoms with Gasteiger partial charge in [0, 0.05) is 5.56 Å². The van der Waals surface area contributed by atoms with Crippen LogP contribution in [0.25, 0.3) is 0 Å². The van der Waals surface area contributed by atoms with E-state index in [9.17, 15) is 18.8 Å². The molecule has 0 aliphatic rings. The van der Waals surface area contributed by atoms with Crippen molar-refractivity contribution in [3.63, 3.8) is 0 Å². The predicted molar refractivity (Wildman–Crippen MR) is 105 cm³/mol. The second-order valence-corrected chi connectivity index (χ2v) is 5.94. The van der Waals surface area contributed by atoms with Gasteiger partial charge in [-0.25, -0.2) is 14.6 Å². The lowest BCUT2D eigenvalue weighted by atomic mass is 10.1. The number of carbonyl (C=O) groups is 3. The number of ether oxygens (including phenoxy) is 1. The molecule has 1 heterocycles. The van der Waals surface area contributed by atoms with Crippen molar-refractivity contribution >= 4 is 29.2 Å². The maximum Gasteiger partial charge on any atom is 0.379 e. The molecule has 0 saturated carbocycles. The van der Waals surface area contributed by atoms with Crippen LogP contribution in [0.2, 0.25) is 0 Å². The first-order valence-corrected chi connectivity index (χ1v) is 8.71. The molecule has 3 rings (SSSR count). The van der Waals surface area contributed by atoms with Crippen LogP contribution in [0.4, 0.5) is 10.1 Å². The van der Waals surface area contributed by atoms with Crippen LogP contribution in [0.1, 0.15) is 23.0 Å². The fraction of sp³-hybridized carbons (Fsp3) is 0.0476. The minimum Gasteiger partial charge on any atom is -0.457 e. The second kappa shape index (κ2) is 9.28. The predicted octanol–water partition coefficient (Wildman–Crippen LogP) is 3.12. The Balaban J connectivity index is 1.68. The summed E-state index contributed by atoms with van der Waals surface area (Å²) < 4.78 is 23.9. The molecule has 0 aliphatic heterocycles. The van der Waals surface area contributed by atoms with Crippen molar-refractivity contribution < 1.29 is 27.9 Å². The Morgan fingerprint density at radius 2 is 1.70 bits per heavy atom. The molecule has 0 fully saturated rings. The molecule has 0 spiro atoms. The highest BCUT2D eigenvalue weighted by molar-refractivity contribution is 6.39. The summed E-state index contributed by atoms with van der Waals surface area (Å²) in [7, 11) is 0. The topological polar surface area (TPSA) is 110 Å². The molecule has 30 heavy (non-hydrogen) atoms. The van der Waals surface area contributed by atoms with E-state index in [2.05, 4.69) is 15.8 Å². The molecule has 0 bridgehead atoms. The van der Waals surface area contributed by atoms with Crippen LogP contribution in [-0.2, 0) is 9.59 Å². The first kappa shape index (κ1) is 20.5. The van der Waals surface area contributed by atoms with Crippen molar-refractivity contribution in [2.45, 2.75) is 6.92 Å². The number of hydrazone groups is 1. The Labute approximate surface area is 170 Å². The fourth-order valence-electron chi connectivity index (χ4n) is 2.39. The van der Waals surface area contributed by atoms with Gasteiger partial charge in [-0.2, -0.15) is 5.10 Å². The van der Waals surface area contributed by atoms with Gasteiger partial charge in [0.15, 0.2) is 0 Å². The molecule has 2 amide bonds. The second-order valence-electron chi connectivity index (χ2n) is 5.94. The quantitative estimate of drug-likeness (QED) is 0.221. The standard InChI is InChI=1S/C21H16FN3O5/c1-13(24-25-20(27)19(26)23-16-9-4-3-8-15(16)22)14-7-2-5-10-17(14)30-21(28)18-11-6-12-29-18/h2-12H,1H3,(H,23,26)(H,25,27)/b24-13+. The van der Waals surface area contributed by atoms with Crippen LogP contribution in [0.5, 0.6) is 5.75 Å². The highest BCUT2D eigenvalue weighted by Crippen LogP contribution is 2.20. The molecular formula is C21H16FN3O5. The molecule has 8 nitrogen and oxygen atoms in total. The number of hydrogen-bond acceptors (Lipinski definition) is 6. The monoisotopic (exact) mass is 409 g/mol. The molecule has 0 radical (unpaired) electrons. The smallest absolute Gasteiger partial charge is 0.379 e. The zero-order valence-electron chi connectivity index (χ0n) is 15.7. The van der Waals surface area contributed by atoms with Crippen LogP contribution < -0.4 is 15.5 Å². The van der Waals surface area contributed by atoms with Gasteiger partial charge in [0.2, 0.25) is 5.76 Å². The highest BCUT2D eigenvalue weighted by Gasteiger charge is 2.17. The number of hydrogen-bond donors (Lipinski definition) is 2. The average molecular weight is 409 g/mol. The van der Waals surface area contributed by atoms with Gasteiger partial charge in [-0.05, 0) is 43.3 Å².